The predicted octanol–water partition coefficient (Wildman–Crippen LogP) is 2.41. The van der Waals surface area contributed by atoms with Gasteiger partial charge >= 0.3 is 0 Å². The fourth-order valence-electron chi connectivity index (χ4n) is 1.41. The summed E-state index contributed by atoms with van der Waals surface area (Å²) < 4.78 is 0. The van der Waals surface area contributed by atoms with Gasteiger partial charge in [-0.3, -0.25) is 0 Å². The van der Waals surface area contributed by atoms with E-state index in [9.17, 15) is 0 Å². The van der Waals surface area contributed by atoms with Crippen LogP contribution >= 0.6 is 0 Å². The molecule has 0 saturated carbocycles. The Balaban J connectivity index is 3.39. The molecule has 62 valence electrons. The minimum Gasteiger partial charge on any atom is -0.330 e. The summed E-state index contributed by atoms with van der Waals surface area (Å²) in [6.07, 6.45) is 3.87. The molecule has 1 nitrogen and oxygen atoms in total. The second kappa shape index (κ2) is 5.72. The Labute approximate surface area is 65.0 Å². The summed E-state index contributed by atoms with van der Waals surface area (Å²) in [6, 6.07) is 0. The number of hydrogen-bond acceptors (Lipinski definition) is 1. The molecule has 0 rings (SSSR count). The van der Waals surface area contributed by atoms with Crippen LogP contribution in [0.15, 0.2) is 0 Å². The van der Waals surface area contributed by atoms with Crippen molar-refractivity contribution in [3.63, 3.8) is 0 Å². The van der Waals surface area contributed by atoms with Crippen molar-refractivity contribution < 1.29 is 0 Å². The molecule has 10 heavy (non-hydrogen) atoms. The Hall–Kier alpha value is -0.0400. The fourth-order valence-corrected chi connectivity index (χ4v) is 1.41. The first-order valence-corrected chi connectivity index (χ1v) is 4.40. The average molecular weight is 143 g/mol. The van der Waals surface area contributed by atoms with E-state index in [0.717, 1.165) is 18.4 Å². The Morgan fingerprint density at radius 2 is 1.90 bits per heavy atom. The molecule has 0 bridgehead atoms. The highest BCUT2D eigenvalue weighted by atomic mass is 14.5. The highest BCUT2D eigenvalue weighted by Gasteiger charge is 2.06. The van der Waals surface area contributed by atoms with Gasteiger partial charge in [0.2, 0.25) is 0 Å². The summed E-state index contributed by atoms with van der Waals surface area (Å²) >= 11 is 0. The SMILES string of the molecule is CCCC(CN)CC(C)C. The van der Waals surface area contributed by atoms with Crippen LogP contribution in [-0.4, -0.2) is 6.54 Å². The van der Waals surface area contributed by atoms with Crippen molar-refractivity contribution in [1.82, 2.24) is 0 Å². The first-order chi connectivity index (χ1) is 4.70. The van der Waals surface area contributed by atoms with E-state index in [1.165, 1.54) is 19.3 Å². The molecule has 0 aliphatic heterocycles. The van der Waals surface area contributed by atoms with E-state index in [-0.39, 0.29) is 0 Å². The second-order valence-electron chi connectivity index (χ2n) is 3.52. The fraction of sp³-hybridized carbons (Fsp3) is 1.00. The molecular formula is C9H21N. The van der Waals surface area contributed by atoms with Crippen molar-refractivity contribution in [3.05, 3.63) is 0 Å². The molecule has 0 aliphatic carbocycles. The van der Waals surface area contributed by atoms with E-state index in [4.69, 9.17) is 5.73 Å². The highest BCUT2D eigenvalue weighted by Crippen LogP contribution is 2.15. The lowest BCUT2D eigenvalue weighted by molar-refractivity contribution is 0.391. The van der Waals surface area contributed by atoms with Gasteiger partial charge in [-0.05, 0) is 31.2 Å². The lowest BCUT2D eigenvalue weighted by atomic mass is 9.93. The van der Waals surface area contributed by atoms with Gasteiger partial charge in [0.1, 0.15) is 0 Å². The van der Waals surface area contributed by atoms with Crippen LogP contribution in [0.4, 0.5) is 0 Å². The second-order valence-corrected chi connectivity index (χ2v) is 3.52. The molecule has 0 fully saturated rings. The van der Waals surface area contributed by atoms with Crippen LogP contribution in [0.2, 0.25) is 0 Å². The lowest BCUT2D eigenvalue weighted by Gasteiger charge is -2.15. The zero-order valence-electron chi connectivity index (χ0n) is 7.56. The van der Waals surface area contributed by atoms with Crippen molar-refractivity contribution in [1.29, 1.82) is 0 Å². The van der Waals surface area contributed by atoms with Crippen LogP contribution in [0.3, 0.4) is 0 Å². The van der Waals surface area contributed by atoms with Crippen LogP contribution < -0.4 is 5.73 Å². The lowest BCUT2D eigenvalue weighted by Crippen LogP contribution is -2.15. The maximum absolute atomic E-state index is 5.61. The number of nitrogens with two attached hydrogens (primary N) is 1. The number of rotatable bonds is 5. The summed E-state index contributed by atoms with van der Waals surface area (Å²) in [4.78, 5) is 0. The maximum Gasteiger partial charge on any atom is -0.00488 e. The third-order valence-corrected chi connectivity index (χ3v) is 1.83. The molecule has 0 spiro atoms. The monoisotopic (exact) mass is 143 g/mol. The molecule has 1 atom stereocenters. The normalized spacial score (nSPS) is 14.1. The molecule has 0 heterocycles. The van der Waals surface area contributed by atoms with Gasteiger partial charge in [-0.15, -0.1) is 0 Å². The standard InChI is InChI=1S/C9H21N/c1-4-5-9(7-10)6-8(2)3/h8-9H,4-7,10H2,1-3H3. The van der Waals surface area contributed by atoms with Crippen molar-refractivity contribution in [3.8, 4) is 0 Å². The number of hydrogen-bond donors (Lipinski definition) is 1. The smallest absolute Gasteiger partial charge is 0.00488 e. The Morgan fingerprint density at radius 3 is 2.20 bits per heavy atom. The Bertz CT molecular complexity index is 69.1. The molecule has 0 aromatic heterocycles. The van der Waals surface area contributed by atoms with Crippen molar-refractivity contribution in [2.45, 2.75) is 40.0 Å². The minimum absolute atomic E-state index is 0.769. The molecule has 0 amide bonds. The molecule has 0 aliphatic rings. The zero-order valence-corrected chi connectivity index (χ0v) is 7.56. The molecule has 0 aromatic rings. The summed E-state index contributed by atoms with van der Waals surface area (Å²) in [6.45, 7) is 7.62. The zero-order chi connectivity index (χ0) is 7.98. The van der Waals surface area contributed by atoms with E-state index < -0.39 is 0 Å². The summed E-state index contributed by atoms with van der Waals surface area (Å²) in [5.41, 5.74) is 5.61. The summed E-state index contributed by atoms with van der Waals surface area (Å²) in [5, 5.41) is 0. The van der Waals surface area contributed by atoms with E-state index in [2.05, 4.69) is 20.8 Å². The van der Waals surface area contributed by atoms with Crippen molar-refractivity contribution in [2.24, 2.45) is 17.6 Å². The minimum atomic E-state index is 0.769. The van der Waals surface area contributed by atoms with Gasteiger partial charge in [0.05, 0.1) is 0 Å². The molecule has 1 heteroatoms. The quantitative estimate of drug-likeness (QED) is 0.628. The third kappa shape index (κ3) is 4.80. The molecule has 0 radical (unpaired) electrons. The van der Waals surface area contributed by atoms with E-state index in [0.29, 0.717) is 0 Å². The largest absolute Gasteiger partial charge is 0.330 e. The first kappa shape index (κ1) is 9.96. The van der Waals surface area contributed by atoms with Gasteiger partial charge in [0, 0.05) is 0 Å². The van der Waals surface area contributed by atoms with E-state index in [1.54, 1.807) is 0 Å². The van der Waals surface area contributed by atoms with E-state index >= 15 is 0 Å². The van der Waals surface area contributed by atoms with Gasteiger partial charge in [-0.1, -0.05) is 27.2 Å². The van der Waals surface area contributed by atoms with Gasteiger partial charge < -0.3 is 5.73 Å². The molecule has 0 aromatic carbocycles. The summed E-state index contributed by atoms with van der Waals surface area (Å²) in [7, 11) is 0. The van der Waals surface area contributed by atoms with Crippen molar-refractivity contribution >= 4 is 0 Å². The van der Waals surface area contributed by atoms with Gasteiger partial charge in [0.15, 0.2) is 0 Å². The summed E-state index contributed by atoms with van der Waals surface area (Å²) in [5.74, 6) is 1.57. The maximum atomic E-state index is 5.61. The van der Waals surface area contributed by atoms with Crippen LogP contribution in [-0.2, 0) is 0 Å². The van der Waals surface area contributed by atoms with Crippen molar-refractivity contribution in [2.75, 3.05) is 6.54 Å². The topological polar surface area (TPSA) is 26.0 Å². The Kier molecular flexibility index (Phi) is 5.70. The van der Waals surface area contributed by atoms with E-state index in [1.807, 2.05) is 0 Å². The molecule has 2 N–H and O–H groups in total. The molecule has 0 saturated heterocycles. The van der Waals surface area contributed by atoms with Gasteiger partial charge in [0.25, 0.3) is 0 Å². The van der Waals surface area contributed by atoms with Crippen LogP contribution in [0.1, 0.15) is 40.0 Å². The third-order valence-electron chi connectivity index (χ3n) is 1.83. The Morgan fingerprint density at radius 1 is 1.30 bits per heavy atom. The van der Waals surface area contributed by atoms with Gasteiger partial charge in [-0.25, -0.2) is 0 Å². The predicted molar refractivity (Wildman–Crippen MR) is 46.9 cm³/mol. The first-order valence-electron chi connectivity index (χ1n) is 4.40. The molecular weight excluding hydrogens is 122 g/mol. The van der Waals surface area contributed by atoms with Crippen LogP contribution in [0.5, 0.6) is 0 Å². The van der Waals surface area contributed by atoms with Crippen LogP contribution in [0.25, 0.3) is 0 Å². The average Bonchev–Trinajstić information content (AvgIpc) is 1.86. The molecule has 1 unspecified atom stereocenters. The highest BCUT2D eigenvalue weighted by molar-refractivity contribution is 4.60. The van der Waals surface area contributed by atoms with Crippen LogP contribution in [0, 0.1) is 11.8 Å². The van der Waals surface area contributed by atoms with Gasteiger partial charge in [-0.2, -0.15) is 0 Å².